The average molecular weight is 939 g/mol. The van der Waals surface area contributed by atoms with Gasteiger partial charge in [0.25, 0.3) is 0 Å². The van der Waals surface area contributed by atoms with Crippen LogP contribution in [0.4, 0.5) is 0 Å². The maximum absolute atomic E-state index is 14.5. The summed E-state index contributed by atoms with van der Waals surface area (Å²) in [5.41, 5.74) is 7.69. The quantitative estimate of drug-likeness (QED) is 0.0710. The molecule has 2 aliphatic rings. The van der Waals surface area contributed by atoms with Crippen LogP contribution in [-0.4, -0.2) is 23.1 Å². The molecule has 1 fully saturated rings. The summed E-state index contributed by atoms with van der Waals surface area (Å²) >= 11 is 0. The lowest BCUT2D eigenvalue weighted by Gasteiger charge is -2.42. The van der Waals surface area contributed by atoms with Crippen LogP contribution < -0.4 is 18.9 Å². The molecular weight excluding hydrogens is 865 g/mol. The smallest absolute Gasteiger partial charge is 0.321 e. The summed E-state index contributed by atoms with van der Waals surface area (Å²) in [7, 11) is 0. The monoisotopic (exact) mass is 939 g/mol. The number of esters is 2. The number of fused-ring (bicyclic) bond motifs is 3. The first-order chi connectivity index (χ1) is 33.2. The molecule has 70 heavy (non-hydrogen) atoms. The second kappa shape index (κ2) is 19.2. The van der Waals surface area contributed by atoms with Crippen LogP contribution in [0.1, 0.15) is 165 Å². The van der Waals surface area contributed by atoms with Gasteiger partial charge in [-0.05, 0) is 186 Å². The largest absolute Gasteiger partial charge is 0.488 e. The SMILES string of the molecule is CCC(C)(C)Oc1ccc(C2(c3ccc(OC(=O)C(C)(CC)C(C)(C)Oc4ccc(C5(c6ccc(OC(=O)C(C)(C)CC)c(C)c6)c6ccccc6-c6ccccc65)cc4C)cc3)CCCCC2)cc1. The minimum atomic E-state index is -1.00. The molecule has 6 aromatic carbocycles. The molecule has 0 spiro atoms. The van der Waals surface area contributed by atoms with Gasteiger partial charge in [-0.3, -0.25) is 9.59 Å². The Labute approximate surface area is 418 Å². The summed E-state index contributed by atoms with van der Waals surface area (Å²) < 4.78 is 25.6. The highest BCUT2D eigenvalue weighted by atomic mass is 16.5. The molecular formula is C64H74O6. The zero-order chi connectivity index (χ0) is 50.3. The summed E-state index contributed by atoms with van der Waals surface area (Å²) in [5.74, 6) is 2.10. The molecule has 0 N–H and O–H groups in total. The van der Waals surface area contributed by atoms with E-state index >= 15 is 0 Å². The van der Waals surface area contributed by atoms with Gasteiger partial charge < -0.3 is 18.9 Å². The van der Waals surface area contributed by atoms with Crippen molar-refractivity contribution in [1.82, 2.24) is 0 Å². The number of aryl methyl sites for hydroxylation is 2. The minimum absolute atomic E-state index is 0.114. The van der Waals surface area contributed by atoms with Crippen LogP contribution in [-0.2, 0) is 20.4 Å². The number of ether oxygens (including phenoxy) is 4. The predicted molar refractivity (Wildman–Crippen MR) is 283 cm³/mol. The Balaban J connectivity index is 1.07. The number of hydrogen-bond acceptors (Lipinski definition) is 6. The van der Waals surface area contributed by atoms with E-state index in [-0.39, 0.29) is 23.0 Å². The molecule has 6 heteroatoms. The van der Waals surface area contributed by atoms with Gasteiger partial charge in [0.2, 0.25) is 0 Å². The number of hydrogen-bond donors (Lipinski definition) is 0. The lowest BCUT2D eigenvalue weighted by molar-refractivity contribution is -0.157. The van der Waals surface area contributed by atoms with Crippen LogP contribution in [0.25, 0.3) is 11.1 Å². The van der Waals surface area contributed by atoms with E-state index in [0.29, 0.717) is 30.1 Å². The molecule has 2 aliphatic carbocycles. The van der Waals surface area contributed by atoms with E-state index in [1.807, 2.05) is 73.6 Å². The molecule has 1 saturated carbocycles. The molecule has 1 unspecified atom stereocenters. The van der Waals surface area contributed by atoms with Gasteiger partial charge in [-0.1, -0.05) is 137 Å². The van der Waals surface area contributed by atoms with E-state index in [1.165, 1.54) is 39.8 Å². The van der Waals surface area contributed by atoms with Crippen LogP contribution in [0, 0.1) is 24.7 Å². The Bertz CT molecular complexity index is 2810. The molecule has 0 heterocycles. The first kappa shape index (κ1) is 50.3. The number of carbonyl (C=O) groups is 2. The van der Waals surface area contributed by atoms with Gasteiger partial charge in [-0.25, -0.2) is 0 Å². The van der Waals surface area contributed by atoms with Crippen molar-refractivity contribution in [2.75, 3.05) is 0 Å². The van der Waals surface area contributed by atoms with Crippen LogP contribution >= 0.6 is 0 Å². The zero-order valence-corrected chi connectivity index (χ0v) is 43.8. The second-order valence-corrected chi connectivity index (χ2v) is 22.0. The average Bonchev–Trinajstić information content (AvgIpc) is 3.66. The molecule has 0 radical (unpaired) electrons. The Morgan fingerprint density at radius 2 is 0.986 bits per heavy atom. The van der Waals surface area contributed by atoms with Crippen molar-refractivity contribution in [3.8, 4) is 34.1 Å². The van der Waals surface area contributed by atoms with Gasteiger partial charge >= 0.3 is 11.9 Å². The highest BCUT2D eigenvalue weighted by Crippen LogP contribution is 2.57. The molecule has 1 atom stereocenters. The summed E-state index contributed by atoms with van der Waals surface area (Å²) in [6, 6.07) is 46.9. The molecule has 0 bridgehead atoms. The van der Waals surface area contributed by atoms with E-state index in [2.05, 4.69) is 143 Å². The molecule has 8 rings (SSSR count). The lowest BCUT2D eigenvalue weighted by atomic mass is 9.65. The van der Waals surface area contributed by atoms with Crippen molar-refractivity contribution in [2.24, 2.45) is 10.8 Å². The fourth-order valence-corrected chi connectivity index (χ4v) is 10.8. The van der Waals surface area contributed by atoms with Gasteiger partial charge in [0, 0.05) is 5.41 Å². The van der Waals surface area contributed by atoms with Crippen molar-refractivity contribution in [3.63, 3.8) is 0 Å². The number of benzene rings is 6. The Hall–Kier alpha value is -6.14. The summed E-state index contributed by atoms with van der Waals surface area (Å²) in [4.78, 5) is 27.7. The summed E-state index contributed by atoms with van der Waals surface area (Å²) in [5, 5.41) is 0. The van der Waals surface area contributed by atoms with Gasteiger partial charge in [0.15, 0.2) is 0 Å². The molecule has 366 valence electrons. The van der Waals surface area contributed by atoms with Crippen LogP contribution in [0.2, 0.25) is 0 Å². The van der Waals surface area contributed by atoms with E-state index in [0.717, 1.165) is 60.1 Å². The first-order valence-corrected chi connectivity index (χ1v) is 25.7. The topological polar surface area (TPSA) is 71.1 Å². The van der Waals surface area contributed by atoms with Gasteiger partial charge in [-0.2, -0.15) is 0 Å². The Morgan fingerprint density at radius 3 is 1.47 bits per heavy atom. The number of rotatable bonds is 16. The maximum atomic E-state index is 14.5. The van der Waals surface area contributed by atoms with E-state index in [1.54, 1.807) is 0 Å². The van der Waals surface area contributed by atoms with Crippen molar-refractivity contribution < 1.29 is 28.5 Å². The van der Waals surface area contributed by atoms with Gasteiger partial charge in [-0.15, -0.1) is 0 Å². The third-order valence-corrected chi connectivity index (χ3v) is 16.6. The van der Waals surface area contributed by atoms with Crippen LogP contribution in [0.15, 0.2) is 133 Å². The summed E-state index contributed by atoms with van der Waals surface area (Å²) in [6.45, 7) is 24.3. The maximum Gasteiger partial charge on any atom is 0.321 e. The zero-order valence-electron chi connectivity index (χ0n) is 43.8. The molecule has 6 aromatic rings. The number of carbonyl (C=O) groups excluding carboxylic acids is 2. The molecule has 0 amide bonds. The van der Waals surface area contributed by atoms with Crippen molar-refractivity contribution in [3.05, 3.63) is 178 Å². The van der Waals surface area contributed by atoms with E-state index in [4.69, 9.17) is 18.9 Å². The fourth-order valence-electron chi connectivity index (χ4n) is 10.8. The van der Waals surface area contributed by atoms with Crippen molar-refractivity contribution >= 4 is 11.9 Å². The first-order valence-electron chi connectivity index (χ1n) is 25.7. The van der Waals surface area contributed by atoms with E-state index in [9.17, 15) is 9.59 Å². The van der Waals surface area contributed by atoms with Crippen LogP contribution in [0.3, 0.4) is 0 Å². The molecule has 0 saturated heterocycles. The molecule has 6 nitrogen and oxygen atoms in total. The second-order valence-electron chi connectivity index (χ2n) is 22.0. The lowest BCUT2D eigenvalue weighted by Crippen LogP contribution is -2.52. The molecule has 0 aromatic heterocycles. The standard InChI is InChI=1S/C64H74O6/c1-13-59(6,7)57(65)68-55-37-31-47(41-43(55)4)64(53-25-19-17-23-51(53)52-24-18-20-26-54(52)64)48-32-38-56(44(5)42-48)70-61(10,11)62(12,15-3)58(66)67-49-33-27-45(28-34-49)63(39-21-16-22-40-63)46-29-35-50(36-30-46)69-60(8,9)14-2/h17-20,23-38,41-42H,13-16,21-22,39-40H2,1-12H3. The van der Waals surface area contributed by atoms with E-state index < -0.39 is 21.8 Å². The van der Waals surface area contributed by atoms with Crippen molar-refractivity contribution in [2.45, 2.75) is 156 Å². The molecule has 0 aliphatic heterocycles. The predicted octanol–water partition coefficient (Wildman–Crippen LogP) is 16.0. The summed E-state index contributed by atoms with van der Waals surface area (Å²) in [6.07, 6.45) is 7.81. The minimum Gasteiger partial charge on any atom is -0.488 e. The van der Waals surface area contributed by atoms with Gasteiger partial charge in [0.1, 0.15) is 39.6 Å². The van der Waals surface area contributed by atoms with Crippen molar-refractivity contribution in [1.29, 1.82) is 0 Å². The third kappa shape index (κ3) is 8.97. The third-order valence-electron chi connectivity index (χ3n) is 16.6. The van der Waals surface area contributed by atoms with Gasteiger partial charge in [0.05, 0.1) is 10.8 Å². The highest BCUT2D eigenvalue weighted by Gasteiger charge is 2.51. The van der Waals surface area contributed by atoms with Crippen LogP contribution in [0.5, 0.6) is 23.0 Å². The Kier molecular flexibility index (Phi) is 13.8. The fraction of sp³-hybridized carbons (Fsp3) is 0.406. The normalized spacial score (nSPS) is 16.1. The Morgan fingerprint density at radius 1 is 0.500 bits per heavy atom. The highest BCUT2D eigenvalue weighted by molar-refractivity contribution is 5.87.